The topological polar surface area (TPSA) is 71.1 Å². The van der Waals surface area contributed by atoms with Crippen LogP contribution in [0, 0.1) is 0 Å². The van der Waals surface area contributed by atoms with Crippen LogP contribution >= 0.6 is 0 Å². The molecule has 0 saturated carbocycles. The van der Waals surface area contributed by atoms with Crippen LogP contribution in [0.4, 0.5) is 0 Å². The van der Waals surface area contributed by atoms with E-state index in [2.05, 4.69) is 0 Å². The molecule has 0 spiro atoms. The second kappa shape index (κ2) is 10.6. The standard InChI is InChI=1S/C20H20O6/c1-2-3-6-15-18(23-25-19(21)16-11-7-4-8-12-16)24-26-20(22)17-13-9-5-10-14-17/h4-5,7-15H,2-3,6H2,1H3. The Balaban J connectivity index is 1.92. The van der Waals surface area contributed by atoms with Gasteiger partial charge in [0.1, 0.15) is 0 Å². The molecule has 0 unspecified atom stereocenters. The average molecular weight is 356 g/mol. The monoisotopic (exact) mass is 356 g/mol. The molecule has 0 radical (unpaired) electrons. The zero-order valence-electron chi connectivity index (χ0n) is 14.4. The van der Waals surface area contributed by atoms with E-state index in [1.807, 2.05) is 6.92 Å². The van der Waals surface area contributed by atoms with Crippen molar-refractivity contribution in [1.82, 2.24) is 0 Å². The van der Waals surface area contributed by atoms with Gasteiger partial charge in [-0.1, -0.05) is 49.7 Å². The van der Waals surface area contributed by atoms with Gasteiger partial charge in [-0.05, 0) is 37.1 Å². The van der Waals surface area contributed by atoms with Crippen molar-refractivity contribution in [1.29, 1.82) is 0 Å². The summed E-state index contributed by atoms with van der Waals surface area (Å²) in [5, 5.41) is 0. The summed E-state index contributed by atoms with van der Waals surface area (Å²) in [6.07, 6.45) is 3.98. The van der Waals surface area contributed by atoms with Gasteiger partial charge in [0, 0.05) is 6.08 Å². The second-order valence-electron chi connectivity index (χ2n) is 5.31. The lowest BCUT2D eigenvalue weighted by Gasteiger charge is -2.08. The first-order chi connectivity index (χ1) is 12.7. The first kappa shape index (κ1) is 19.1. The largest absolute Gasteiger partial charge is 0.386 e. The predicted molar refractivity (Wildman–Crippen MR) is 93.5 cm³/mol. The molecule has 136 valence electrons. The van der Waals surface area contributed by atoms with E-state index in [1.54, 1.807) is 66.7 Å². The minimum absolute atomic E-state index is 0.216. The summed E-state index contributed by atoms with van der Waals surface area (Å²) in [6, 6.07) is 16.7. The molecule has 0 aliphatic carbocycles. The van der Waals surface area contributed by atoms with E-state index < -0.39 is 11.9 Å². The van der Waals surface area contributed by atoms with Crippen molar-refractivity contribution < 1.29 is 29.1 Å². The van der Waals surface area contributed by atoms with Crippen LogP contribution in [0.3, 0.4) is 0 Å². The molecule has 6 nitrogen and oxygen atoms in total. The minimum atomic E-state index is -0.690. The molecule has 0 bridgehead atoms. The van der Waals surface area contributed by atoms with Crippen LogP contribution in [0.2, 0.25) is 0 Å². The average Bonchev–Trinajstić information content (AvgIpc) is 2.70. The summed E-state index contributed by atoms with van der Waals surface area (Å²) in [6.45, 7) is 2.03. The highest BCUT2D eigenvalue weighted by Gasteiger charge is 2.14. The molecule has 0 saturated heterocycles. The number of carbonyl (C=O) groups is 2. The molecule has 0 atom stereocenters. The van der Waals surface area contributed by atoms with Crippen LogP contribution in [0.5, 0.6) is 0 Å². The van der Waals surface area contributed by atoms with Crippen LogP contribution in [0.15, 0.2) is 72.7 Å². The number of allylic oxidation sites excluding steroid dienone is 1. The molecule has 0 aliphatic rings. The molecule has 0 amide bonds. The molecule has 0 N–H and O–H groups in total. The smallest absolute Gasteiger partial charge is 0.243 e. The van der Waals surface area contributed by atoms with Gasteiger partial charge < -0.3 is 0 Å². The first-order valence-corrected chi connectivity index (χ1v) is 8.28. The van der Waals surface area contributed by atoms with Gasteiger partial charge in [-0.2, -0.15) is 0 Å². The van der Waals surface area contributed by atoms with Crippen molar-refractivity contribution in [3.05, 3.63) is 83.8 Å². The van der Waals surface area contributed by atoms with Crippen molar-refractivity contribution in [2.45, 2.75) is 26.2 Å². The fourth-order valence-corrected chi connectivity index (χ4v) is 1.91. The van der Waals surface area contributed by atoms with Crippen LogP contribution < -0.4 is 0 Å². The molecule has 0 fully saturated rings. The lowest BCUT2D eigenvalue weighted by Crippen LogP contribution is -2.11. The highest BCUT2D eigenvalue weighted by atomic mass is 17.3. The van der Waals surface area contributed by atoms with Crippen molar-refractivity contribution in [2.75, 3.05) is 0 Å². The Bertz CT molecular complexity index is 667. The maximum atomic E-state index is 11.9. The van der Waals surface area contributed by atoms with Crippen LogP contribution in [-0.2, 0) is 19.6 Å². The van der Waals surface area contributed by atoms with Crippen LogP contribution in [0.1, 0.15) is 46.9 Å². The van der Waals surface area contributed by atoms with E-state index in [1.165, 1.54) is 0 Å². The van der Waals surface area contributed by atoms with E-state index >= 15 is 0 Å². The molecule has 6 heteroatoms. The summed E-state index contributed by atoms with van der Waals surface area (Å²) in [4.78, 5) is 43.1. The Morgan fingerprint density at radius 1 is 0.769 bits per heavy atom. The van der Waals surface area contributed by atoms with E-state index in [0.29, 0.717) is 17.5 Å². The number of hydrogen-bond donors (Lipinski definition) is 0. The summed E-state index contributed by atoms with van der Waals surface area (Å²) in [7, 11) is 0. The Morgan fingerprint density at radius 3 is 1.65 bits per heavy atom. The molecule has 2 rings (SSSR count). The van der Waals surface area contributed by atoms with E-state index in [0.717, 1.165) is 12.8 Å². The van der Waals surface area contributed by atoms with Crippen molar-refractivity contribution in [2.24, 2.45) is 0 Å². The Kier molecular flexibility index (Phi) is 7.74. The number of rotatable bonds is 9. The minimum Gasteiger partial charge on any atom is -0.243 e. The van der Waals surface area contributed by atoms with E-state index in [-0.39, 0.29) is 5.95 Å². The zero-order valence-corrected chi connectivity index (χ0v) is 14.4. The number of benzene rings is 2. The third-order valence-corrected chi connectivity index (χ3v) is 3.29. The summed E-state index contributed by atoms with van der Waals surface area (Å²) >= 11 is 0. The number of carbonyl (C=O) groups excluding carboxylic acids is 2. The van der Waals surface area contributed by atoms with Crippen LogP contribution in [0.25, 0.3) is 0 Å². The lowest BCUT2D eigenvalue weighted by molar-refractivity contribution is -0.318. The normalized spacial score (nSPS) is 9.73. The maximum absolute atomic E-state index is 11.9. The van der Waals surface area contributed by atoms with Gasteiger partial charge >= 0.3 is 17.9 Å². The van der Waals surface area contributed by atoms with Gasteiger partial charge in [-0.15, -0.1) is 0 Å². The third-order valence-electron chi connectivity index (χ3n) is 3.29. The quantitative estimate of drug-likeness (QED) is 0.283. The Labute approximate surface area is 151 Å². The fourth-order valence-electron chi connectivity index (χ4n) is 1.91. The van der Waals surface area contributed by atoms with Gasteiger partial charge in [0.05, 0.1) is 11.1 Å². The van der Waals surface area contributed by atoms with Crippen molar-refractivity contribution in [3.63, 3.8) is 0 Å². The van der Waals surface area contributed by atoms with E-state index in [4.69, 9.17) is 19.6 Å². The van der Waals surface area contributed by atoms with Gasteiger partial charge in [0.15, 0.2) is 0 Å². The third kappa shape index (κ3) is 6.32. The van der Waals surface area contributed by atoms with Crippen molar-refractivity contribution in [3.8, 4) is 0 Å². The number of unbranched alkanes of at least 4 members (excludes halogenated alkanes) is 2. The zero-order chi connectivity index (χ0) is 18.6. The summed E-state index contributed by atoms with van der Waals surface area (Å²) < 4.78 is 0. The SMILES string of the molecule is CCCCC=C(OOC(=O)c1ccccc1)OOC(=O)c1ccccc1. The first-order valence-electron chi connectivity index (χ1n) is 8.28. The Hall–Kier alpha value is -3.28. The van der Waals surface area contributed by atoms with Gasteiger partial charge in [-0.3, -0.25) is 0 Å². The summed E-state index contributed by atoms with van der Waals surface area (Å²) in [5.74, 6) is -1.60. The van der Waals surface area contributed by atoms with Crippen molar-refractivity contribution >= 4 is 11.9 Å². The van der Waals surface area contributed by atoms with Gasteiger partial charge in [-0.25, -0.2) is 29.1 Å². The molecular formula is C20H20O6. The molecule has 2 aromatic carbocycles. The number of hydrogen-bond acceptors (Lipinski definition) is 6. The highest BCUT2D eigenvalue weighted by Crippen LogP contribution is 2.11. The van der Waals surface area contributed by atoms with Gasteiger partial charge in [0.25, 0.3) is 0 Å². The lowest BCUT2D eigenvalue weighted by atomic mass is 10.2. The molecule has 0 heterocycles. The molecule has 2 aromatic rings. The second-order valence-corrected chi connectivity index (χ2v) is 5.31. The van der Waals surface area contributed by atoms with E-state index in [9.17, 15) is 9.59 Å². The van der Waals surface area contributed by atoms with Gasteiger partial charge in [0.2, 0.25) is 0 Å². The molecule has 0 aromatic heterocycles. The fraction of sp³-hybridized carbons (Fsp3) is 0.200. The Morgan fingerprint density at radius 2 is 1.23 bits per heavy atom. The maximum Gasteiger partial charge on any atom is 0.386 e. The summed E-state index contributed by atoms with van der Waals surface area (Å²) in [5.41, 5.74) is 0.642. The van der Waals surface area contributed by atoms with Crippen LogP contribution in [-0.4, -0.2) is 11.9 Å². The highest BCUT2D eigenvalue weighted by molar-refractivity contribution is 5.89. The molecule has 0 aliphatic heterocycles. The predicted octanol–water partition coefficient (Wildman–Crippen LogP) is 4.60. The molecule has 26 heavy (non-hydrogen) atoms. The molecular weight excluding hydrogens is 336 g/mol.